The van der Waals surface area contributed by atoms with E-state index in [-0.39, 0.29) is 0 Å². The van der Waals surface area contributed by atoms with Gasteiger partial charge in [-0.15, -0.1) is 22.7 Å². The average Bonchev–Trinajstić information content (AvgIpc) is 3.56. The molecule has 9 nitrogen and oxygen atoms in total. The van der Waals surface area contributed by atoms with Crippen molar-refractivity contribution >= 4 is 48.7 Å². The van der Waals surface area contributed by atoms with Gasteiger partial charge in [0.2, 0.25) is 10.0 Å². The van der Waals surface area contributed by atoms with Crippen LogP contribution in [0.1, 0.15) is 10.4 Å². The molecule has 4 aromatic rings. The minimum atomic E-state index is -3.14. The molecular weight excluding hydrogens is 541 g/mol. The van der Waals surface area contributed by atoms with Crippen molar-refractivity contribution in [3.8, 4) is 22.1 Å². The molecule has 0 bridgehead atoms. The van der Waals surface area contributed by atoms with Crippen LogP contribution >= 0.6 is 22.7 Å². The summed E-state index contributed by atoms with van der Waals surface area (Å²) < 4.78 is 32.0. The summed E-state index contributed by atoms with van der Waals surface area (Å²) in [5.74, 6) is 1.58. The van der Waals surface area contributed by atoms with Crippen molar-refractivity contribution in [3.05, 3.63) is 46.2 Å². The Labute approximate surface area is 230 Å². The second-order valence-electron chi connectivity index (χ2n) is 9.74. The van der Waals surface area contributed by atoms with E-state index in [9.17, 15) is 8.42 Å². The summed E-state index contributed by atoms with van der Waals surface area (Å²) in [6, 6.07) is 10.5. The molecular formula is C26H30N6O3S3. The molecule has 2 fully saturated rings. The fourth-order valence-corrected chi connectivity index (χ4v) is 7.65. The molecule has 3 aromatic heterocycles. The Balaban J connectivity index is 1.31. The fraction of sp³-hybridized carbons (Fsp3) is 0.423. The van der Waals surface area contributed by atoms with Gasteiger partial charge in [-0.3, -0.25) is 4.90 Å². The molecule has 2 aliphatic rings. The molecule has 2 aliphatic heterocycles. The van der Waals surface area contributed by atoms with Crippen LogP contribution < -0.4 is 4.90 Å². The van der Waals surface area contributed by atoms with Crippen LogP contribution in [0.2, 0.25) is 0 Å². The quantitative estimate of drug-likeness (QED) is 0.347. The molecule has 200 valence electrons. The fourth-order valence-electron chi connectivity index (χ4n) is 4.87. The molecule has 12 heteroatoms. The van der Waals surface area contributed by atoms with Gasteiger partial charge >= 0.3 is 0 Å². The molecule has 0 spiro atoms. The summed E-state index contributed by atoms with van der Waals surface area (Å²) >= 11 is 3.33. The maximum atomic E-state index is 11.9. The zero-order valence-electron chi connectivity index (χ0n) is 21.5. The van der Waals surface area contributed by atoms with Crippen LogP contribution in [-0.4, -0.2) is 91.3 Å². The van der Waals surface area contributed by atoms with E-state index in [4.69, 9.17) is 19.7 Å². The van der Waals surface area contributed by atoms with Crippen LogP contribution in [0, 0.1) is 6.92 Å². The number of hydrogen-bond acceptors (Lipinski definition) is 10. The Morgan fingerprint density at radius 1 is 1.00 bits per heavy atom. The van der Waals surface area contributed by atoms with Crippen molar-refractivity contribution in [2.75, 3.05) is 63.6 Å². The lowest BCUT2D eigenvalue weighted by Gasteiger charge is -2.32. The van der Waals surface area contributed by atoms with Crippen molar-refractivity contribution in [2.45, 2.75) is 13.5 Å². The number of piperazine rings is 1. The van der Waals surface area contributed by atoms with Crippen LogP contribution in [0.25, 0.3) is 32.3 Å². The zero-order chi connectivity index (χ0) is 26.3. The molecule has 0 N–H and O–H groups in total. The van der Waals surface area contributed by atoms with Gasteiger partial charge in [-0.25, -0.2) is 23.4 Å². The Kier molecular flexibility index (Phi) is 7.18. The molecule has 5 heterocycles. The van der Waals surface area contributed by atoms with Gasteiger partial charge in [0.25, 0.3) is 0 Å². The van der Waals surface area contributed by atoms with Gasteiger partial charge in [-0.05, 0) is 19.1 Å². The summed E-state index contributed by atoms with van der Waals surface area (Å²) in [6.45, 7) is 8.28. The highest BCUT2D eigenvalue weighted by Gasteiger charge is 2.25. The lowest BCUT2D eigenvalue weighted by molar-refractivity contribution is 0.122. The maximum absolute atomic E-state index is 11.9. The summed E-state index contributed by atoms with van der Waals surface area (Å²) in [5, 5.41) is 3.00. The van der Waals surface area contributed by atoms with Crippen LogP contribution in [-0.2, 0) is 21.3 Å². The van der Waals surface area contributed by atoms with E-state index in [1.54, 1.807) is 27.0 Å². The largest absolute Gasteiger partial charge is 0.378 e. The maximum Gasteiger partial charge on any atom is 0.211 e. The molecule has 6 rings (SSSR count). The Morgan fingerprint density at radius 2 is 1.79 bits per heavy atom. The number of sulfonamides is 1. The summed E-state index contributed by atoms with van der Waals surface area (Å²) in [6.07, 6.45) is 1.28. The summed E-state index contributed by atoms with van der Waals surface area (Å²) in [5.41, 5.74) is 4.02. The summed E-state index contributed by atoms with van der Waals surface area (Å²) in [4.78, 5) is 20.7. The lowest BCUT2D eigenvalue weighted by atomic mass is 10.1. The number of ether oxygens (including phenoxy) is 1. The first kappa shape index (κ1) is 25.8. The number of fused-ring (bicyclic) bond motifs is 1. The molecule has 38 heavy (non-hydrogen) atoms. The highest BCUT2D eigenvalue weighted by Crippen LogP contribution is 2.36. The smallest absolute Gasteiger partial charge is 0.211 e. The highest BCUT2D eigenvalue weighted by atomic mass is 32.2. The van der Waals surface area contributed by atoms with Gasteiger partial charge < -0.3 is 9.64 Å². The lowest BCUT2D eigenvalue weighted by Crippen LogP contribution is -2.47. The molecule has 0 unspecified atom stereocenters. The molecule has 0 amide bonds. The van der Waals surface area contributed by atoms with E-state index in [1.807, 2.05) is 5.38 Å². The molecule has 0 radical (unpaired) electrons. The monoisotopic (exact) mass is 570 g/mol. The SMILES string of the molecule is Cc1cccc(-c2nc(-c3nc(N4CCOCC4)c4sc(CN5CCN(S(C)(=O)=O)CC5)cc4n3)cs2)c1. The first-order chi connectivity index (χ1) is 18.3. The van der Waals surface area contributed by atoms with Crippen molar-refractivity contribution in [1.82, 2.24) is 24.2 Å². The topological polar surface area (TPSA) is 91.8 Å². The predicted molar refractivity (Wildman–Crippen MR) is 153 cm³/mol. The van der Waals surface area contributed by atoms with E-state index < -0.39 is 10.0 Å². The molecule has 0 atom stereocenters. The van der Waals surface area contributed by atoms with Gasteiger partial charge in [0.15, 0.2) is 11.6 Å². The van der Waals surface area contributed by atoms with Gasteiger partial charge in [0.05, 0.1) is 29.7 Å². The number of aromatic nitrogens is 3. The third-order valence-corrected chi connectivity index (χ3v) is 10.2. The highest BCUT2D eigenvalue weighted by molar-refractivity contribution is 7.88. The minimum Gasteiger partial charge on any atom is -0.378 e. The van der Waals surface area contributed by atoms with E-state index in [0.29, 0.717) is 32.1 Å². The minimum absolute atomic E-state index is 0.528. The van der Waals surface area contributed by atoms with E-state index in [2.05, 4.69) is 47.1 Å². The molecule has 0 saturated carbocycles. The zero-order valence-corrected chi connectivity index (χ0v) is 23.9. The van der Waals surface area contributed by atoms with Crippen LogP contribution in [0.3, 0.4) is 0 Å². The third-order valence-electron chi connectivity index (χ3n) is 6.89. The number of hydrogen-bond donors (Lipinski definition) is 0. The standard InChI is InChI=1S/C26H30N6O3S3/c1-18-4-3-5-19(14-18)26-28-22(17-36-26)24-27-21-15-20(16-30-6-8-32(9-7-30)38(2,33)34)37-23(21)25(29-24)31-10-12-35-13-11-31/h3-5,14-15,17H,6-13,16H2,1-2H3. The number of morpholine rings is 1. The van der Waals surface area contributed by atoms with E-state index in [0.717, 1.165) is 65.0 Å². The van der Waals surface area contributed by atoms with Gasteiger partial charge in [0.1, 0.15) is 10.7 Å². The number of anilines is 1. The number of nitrogens with zero attached hydrogens (tertiary/aromatic N) is 6. The van der Waals surface area contributed by atoms with Crippen LogP contribution in [0.15, 0.2) is 35.7 Å². The van der Waals surface area contributed by atoms with Crippen LogP contribution in [0.5, 0.6) is 0 Å². The average molecular weight is 571 g/mol. The third kappa shape index (κ3) is 5.47. The Morgan fingerprint density at radius 3 is 2.53 bits per heavy atom. The van der Waals surface area contributed by atoms with Gasteiger partial charge in [0, 0.05) is 61.6 Å². The number of rotatable bonds is 6. The van der Waals surface area contributed by atoms with Gasteiger partial charge in [-0.1, -0.05) is 23.8 Å². The van der Waals surface area contributed by atoms with Crippen molar-refractivity contribution in [2.24, 2.45) is 0 Å². The van der Waals surface area contributed by atoms with Crippen molar-refractivity contribution < 1.29 is 13.2 Å². The van der Waals surface area contributed by atoms with E-state index >= 15 is 0 Å². The van der Waals surface area contributed by atoms with Crippen molar-refractivity contribution in [1.29, 1.82) is 0 Å². The molecule has 0 aliphatic carbocycles. The normalized spacial score (nSPS) is 17.9. The number of benzene rings is 1. The van der Waals surface area contributed by atoms with Crippen LogP contribution in [0.4, 0.5) is 5.82 Å². The molecule has 2 saturated heterocycles. The van der Waals surface area contributed by atoms with E-state index in [1.165, 1.54) is 16.7 Å². The summed E-state index contributed by atoms with van der Waals surface area (Å²) in [7, 11) is -3.14. The first-order valence-corrected chi connectivity index (χ1v) is 16.2. The first-order valence-electron chi connectivity index (χ1n) is 12.7. The van der Waals surface area contributed by atoms with Crippen molar-refractivity contribution in [3.63, 3.8) is 0 Å². The number of thiazole rings is 1. The molecule has 1 aromatic carbocycles. The number of thiophene rings is 1. The Bertz CT molecular complexity index is 1550. The Hall–Kier alpha value is -2.48. The second kappa shape index (κ2) is 10.6. The van der Waals surface area contributed by atoms with Gasteiger partial charge in [-0.2, -0.15) is 4.31 Å². The number of aryl methyl sites for hydroxylation is 1. The predicted octanol–water partition coefficient (Wildman–Crippen LogP) is 3.70. The second-order valence-corrected chi connectivity index (χ2v) is 13.7.